The molecule has 1 heterocycles. The number of nitrogens with one attached hydrogen (secondary N) is 1. The van der Waals surface area contributed by atoms with Gasteiger partial charge in [0.15, 0.2) is 0 Å². The molecule has 5 nitrogen and oxygen atoms in total. The van der Waals surface area contributed by atoms with Crippen molar-refractivity contribution in [3.63, 3.8) is 0 Å². The Morgan fingerprint density at radius 2 is 1.78 bits per heavy atom. The number of hydrogen-bond acceptors (Lipinski definition) is 5. The highest BCUT2D eigenvalue weighted by molar-refractivity contribution is 7.18. The van der Waals surface area contributed by atoms with Crippen molar-refractivity contribution in [3.8, 4) is 10.6 Å². The van der Waals surface area contributed by atoms with Crippen LogP contribution in [0.15, 0.2) is 54.6 Å². The van der Waals surface area contributed by atoms with Crippen molar-refractivity contribution in [2.24, 2.45) is 0 Å². The van der Waals surface area contributed by atoms with Gasteiger partial charge in [-0.2, -0.15) is 0 Å². The number of amides is 1. The van der Waals surface area contributed by atoms with Crippen molar-refractivity contribution in [1.82, 2.24) is 10.2 Å². The summed E-state index contributed by atoms with van der Waals surface area (Å²) in [5, 5.41) is 12.0. The monoisotopic (exact) mass is 323 g/mol. The van der Waals surface area contributed by atoms with Crippen LogP contribution in [0.4, 0.5) is 5.13 Å². The lowest BCUT2D eigenvalue weighted by Gasteiger charge is -2.00. The highest BCUT2D eigenvalue weighted by Crippen LogP contribution is 2.26. The van der Waals surface area contributed by atoms with E-state index in [4.69, 9.17) is 0 Å². The minimum absolute atomic E-state index is 0.129. The zero-order valence-corrected chi connectivity index (χ0v) is 12.9. The Balaban J connectivity index is 1.66. The summed E-state index contributed by atoms with van der Waals surface area (Å²) in [7, 11) is 0. The average molecular weight is 323 g/mol. The summed E-state index contributed by atoms with van der Waals surface area (Å²) in [5.41, 5.74) is 2.41. The van der Waals surface area contributed by atoms with E-state index in [9.17, 15) is 9.59 Å². The first-order chi connectivity index (χ1) is 11.2. The van der Waals surface area contributed by atoms with Crippen LogP contribution in [-0.4, -0.2) is 22.4 Å². The number of aldehydes is 1. The second-order valence-electron chi connectivity index (χ2n) is 4.86. The fourth-order valence-corrected chi connectivity index (χ4v) is 2.80. The van der Waals surface area contributed by atoms with Crippen LogP contribution in [0.2, 0.25) is 0 Å². The van der Waals surface area contributed by atoms with Crippen LogP contribution in [0, 0.1) is 0 Å². The number of carbonyl (C=O) groups is 2. The van der Waals surface area contributed by atoms with Crippen LogP contribution in [0.25, 0.3) is 10.6 Å². The zero-order valence-electron chi connectivity index (χ0n) is 12.1. The number of hydrogen-bond donors (Lipinski definition) is 1. The quantitative estimate of drug-likeness (QED) is 0.732. The summed E-state index contributed by atoms with van der Waals surface area (Å²) in [6.07, 6.45) is 1.09. The fraction of sp³-hybridized carbons (Fsp3) is 0.0588. The van der Waals surface area contributed by atoms with Crippen LogP contribution in [0.5, 0.6) is 0 Å². The van der Waals surface area contributed by atoms with Gasteiger partial charge in [0.2, 0.25) is 11.0 Å². The van der Waals surface area contributed by atoms with E-state index in [1.165, 1.54) is 11.3 Å². The first-order valence-corrected chi connectivity index (χ1v) is 7.79. The van der Waals surface area contributed by atoms with E-state index in [1.54, 1.807) is 24.3 Å². The molecule has 0 unspecified atom stereocenters. The molecule has 3 aromatic rings. The van der Waals surface area contributed by atoms with Gasteiger partial charge in [0.25, 0.3) is 0 Å². The molecule has 1 N–H and O–H groups in total. The van der Waals surface area contributed by atoms with E-state index < -0.39 is 0 Å². The Morgan fingerprint density at radius 1 is 1.04 bits per heavy atom. The van der Waals surface area contributed by atoms with Crippen molar-refractivity contribution in [2.75, 3.05) is 5.32 Å². The van der Waals surface area contributed by atoms with Crippen LogP contribution < -0.4 is 5.32 Å². The maximum atomic E-state index is 12.0. The predicted molar refractivity (Wildman–Crippen MR) is 89.5 cm³/mol. The molecule has 0 aliphatic heterocycles. The number of anilines is 1. The van der Waals surface area contributed by atoms with Crippen molar-refractivity contribution < 1.29 is 9.59 Å². The van der Waals surface area contributed by atoms with Gasteiger partial charge in [-0.1, -0.05) is 65.9 Å². The number of aromatic nitrogens is 2. The van der Waals surface area contributed by atoms with Crippen molar-refractivity contribution in [3.05, 3.63) is 65.7 Å². The van der Waals surface area contributed by atoms with Gasteiger partial charge in [-0.15, -0.1) is 10.2 Å². The summed E-state index contributed by atoms with van der Waals surface area (Å²) in [4.78, 5) is 22.7. The maximum Gasteiger partial charge on any atom is 0.230 e. The molecule has 0 atom stereocenters. The number of rotatable bonds is 5. The summed E-state index contributed by atoms with van der Waals surface area (Å²) < 4.78 is 0. The first-order valence-electron chi connectivity index (χ1n) is 6.97. The van der Waals surface area contributed by atoms with Crippen LogP contribution in [0.1, 0.15) is 15.9 Å². The molecule has 2 aromatic carbocycles. The molecular formula is C17H13N3O2S. The van der Waals surface area contributed by atoms with Crippen molar-refractivity contribution >= 4 is 28.7 Å². The van der Waals surface area contributed by atoms with Crippen molar-refractivity contribution in [2.45, 2.75) is 6.42 Å². The lowest BCUT2D eigenvalue weighted by Crippen LogP contribution is -2.14. The van der Waals surface area contributed by atoms with Crippen molar-refractivity contribution in [1.29, 1.82) is 0 Å². The molecule has 0 aliphatic carbocycles. The van der Waals surface area contributed by atoms with Gasteiger partial charge in [0.05, 0.1) is 6.42 Å². The van der Waals surface area contributed by atoms with E-state index in [2.05, 4.69) is 15.5 Å². The minimum atomic E-state index is -0.129. The Morgan fingerprint density at radius 3 is 2.48 bits per heavy atom. The molecule has 114 valence electrons. The van der Waals surface area contributed by atoms with Crippen LogP contribution in [0.3, 0.4) is 0 Å². The lowest BCUT2D eigenvalue weighted by atomic mass is 10.1. The zero-order chi connectivity index (χ0) is 16.1. The molecule has 23 heavy (non-hydrogen) atoms. The molecule has 0 bridgehead atoms. The molecule has 1 aromatic heterocycles. The van der Waals surface area contributed by atoms with Crippen LogP contribution in [-0.2, 0) is 11.2 Å². The second kappa shape index (κ2) is 6.93. The van der Waals surface area contributed by atoms with Gasteiger partial charge in [-0.3, -0.25) is 9.59 Å². The molecular weight excluding hydrogens is 310 g/mol. The lowest BCUT2D eigenvalue weighted by molar-refractivity contribution is -0.115. The standard InChI is InChI=1S/C17H13N3O2S/c21-11-13-6-8-14(9-7-13)16-19-20-17(23-16)18-15(22)10-12-4-2-1-3-5-12/h1-9,11H,10H2,(H,18,20,22). The van der Waals surface area contributed by atoms with Gasteiger partial charge < -0.3 is 5.32 Å². The van der Waals surface area contributed by atoms with Gasteiger partial charge in [0, 0.05) is 11.1 Å². The second-order valence-corrected chi connectivity index (χ2v) is 5.84. The molecule has 0 spiro atoms. The van der Waals surface area contributed by atoms with E-state index >= 15 is 0 Å². The average Bonchev–Trinajstić information content (AvgIpc) is 3.04. The first kappa shape index (κ1) is 15.1. The predicted octanol–water partition coefficient (Wildman–Crippen LogP) is 3.20. The third-order valence-electron chi connectivity index (χ3n) is 3.17. The fourth-order valence-electron chi connectivity index (χ4n) is 2.04. The number of nitrogens with zero attached hydrogens (tertiary/aromatic N) is 2. The van der Waals surface area contributed by atoms with Gasteiger partial charge in [0.1, 0.15) is 11.3 Å². The van der Waals surface area contributed by atoms with Gasteiger partial charge in [-0.05, 0) is 5.56 Å². The SMILES string of the molecule is O=Cc1ccc(-c2nnc(NC(=O)Cc3ccccc3)s2)cc1. The van der Waals surface area contributed by atoms with E-state index in [1.807, 2.05) is 30.3 Å². The van der Waals surface area contributed by atoms with Gasteiger partial charge in [-0.25, -0.2) is 0 Å². The molecule has 6 heteroatoms. The normalized spacial score (nSPS) is 10.3. The molecule has 0 fully saturated rings. The molecule has 3 rings (SSSR count). The van der Waals surface area contributed by atoms with Crippen LogP contribution >= 0.6 is 11.3 Å². The Kier molecular flexibility index (Phi) is 4.54. The minimum Gasteiger partial charge on any atom is -0.300 e. The third kappa shape index (κ3) is 3.87. The Bertz CT molecular complexity index is 813. The van der Waals surface area contributed by atoms with E-state index in [-0.39, 0.29) is 5.91 Å². The topological polar surface area (TPSA) is 72.0 Å². The molecule has 0 aliphatic rings. The largest absolute Gasteiger partial charge is 0.300 e. The summed E-state index contributed by atoms with van der Waals surface area (Å²) in [6.45, 7) is 0. The smallest absolute Gasteiger partial charge is 0.230 e. The molecule has 0 saturated carbocycles. The summed E-state index contributed by atoms with van der Waals surface area (Å²) >= 11 is 1.30. The molecule has 1 amide bonds. The molecule has 0 saturated heterocycles. The number of benzene rings is 2. The third-order valence-corrected chi connectivity index (χ3v) is 4.06. The maximum absolute atomic E-state index is 12.0. The van der Waals surface area contributed by atoms with E-state index in [0.717, 1.165) is 17.4 Å². The van der Waals surface area contributed by atoms with E-state index in [0.29, 0.717) is 22.1 Å². The van der Waals surface area contributed by atoms with Gasteiger partial charge >= 0.3 is 0 Å². The highest BCUT2D eigenvalue weighted by atomic mass is 32.1. The summed E-state index contributed by atoms with van der Waals surface area (Å²) in [5.74, 6) is -0.129. The summed E-state index contributed by atoms with van der Waals surface area (Å²) in [6, 6.07) is 16.6. The Labute approximate surface area is 137 Å². The number of carbonyl (C=O) groups excluding carboxylic acids is 2. The molecule has 0 radical (unpaired) electrons. The highest BCUT2D eigenvalue weighted by Gasteiger charge is 2.10. The Hall–Kier alpha value is -2.86.